The highest BCUT2D eigenvalue weighted by Crippen LogP contribution is 2.32. The lowest BCUT2D eigenvalue weighted by atomic mass is 9.99. The van der Waals surface area contributed by atoms with Crippen LogP contribution in [-0.2, 0) is 25.5 Å². The molecule has 2 aliphatic heterocycles. The number of carbonyl (C=O) groups excluding carboxylic acids is 2. The second kappa shape index (κ2) is 18.2. The minimum atomic E-state index is -0.709. The Hall–Kier alpha value is -3.37. The number of oxime groups is 1. The average molecular weight is 587 g/mol. The molecule has 0 bridgehead atoms. The third kappa shape index (κ3) is 11.1. The fraction of sp³-hybridized carbons (Fsp3) is 0.594. The third-order valence-corrected chi connectivity index (χ3v) is 6.90. The highest BCUT2D eigenvalue weighted by atomic mass is 16.7. The van der Waals surface area contributed by atoms with Gasteiger partial charge in [-0.3, -0.25) is 4.79 Å². The predicted molar refractivity (Wildman–Crippen MR) is 160 cm³/mol. The Morgan fingerprint density at radius 3 is 2.69 bits per heavy atom. The van der Waals surface area contributed by atoms with Gasteiger partial charge < -0.3 is 33.8 Å². The van der Waals surface area contributed by atoms with Crippen LogP contribution >= 0.6 is 0 Å². The second-order valence-corrected chi connectivity index (χ2v) is 10.5. The van der Waals surface area contributed by atoms with Gasteiger partial charge in [0.1, 0.15) is 23.2 Å². The Balaban J connectivity index is 1.98. The van der Waals surface area contributed by atoms with Crippen LogP contribution < -0.4 is 9.47 Å². The number of fused-ring (bicyclic) bond motifs is 1. The van der Waals surface area contributed by atoms with E-state index >= 15 is 0 Å². The maximum Gasteiger partial charge on any atom is 0.342 e. The summed E-state index contributed by atoms with van der Waals surface area (Å²) in [6.45, 7) is 7.96. The van der Waals surface area contributed by atoms with E-state index in [0.717, 1.165) is 45.2 Å². The maximum atomic E-state index is 13.6. The molecule has 0 aliphatic carbocycles. The Bertz CT molecular complexity index is 1090. The molecular formula is C32H46N2O8. The molecule has 1 aromatic rings. The van der Waals surface area contributed by atoms with Gasteiger partial charge in [-0.2, -0.15) is 0 Å². The van der Waals surface area contributed by atoms with Gasteiger partial charge in [-0.05, 0) is 63.7 Å². The lowest BCUT2D eigenvalue weighted by Gasteiger charge is -2.26. The minimum absolute atomic E-state index is 0.0396. The molecule has 0 aromatic heterocycles. The van der Waals surface area contributed by atoms with Crippen molar-refractivity contribution in [1.82, 2.24) is 4.90 Å². The first-order valence-corrected chi connectivity index (χ1v) is 15.1. The number of amides is 1. The monoisotopic (exact) mass is 586 g/mol. The Labute approximate surface area is 249 Å². The topological polar surface area (TPSA) is 116 Å². The van der Waals surface area contributed by atoms with Crippen LogP contribution in [0.1, 0.15) is 81.6 Å². The van der Waals surface area contributed by atoms with Crippen molar-refractivity contribution < 1.29 is 38.5 Å². The third-order valence-electron chi connectivity index (χ3n) is 6.90. The highest BCUT2D eigenvalue weighted by molar-refractivity contribution is 6.00. The van der Waals surface area contributed by atoms with E-state index < -0.39 is 18.2 Å². The van der Waals surface area contributed by atoms with Gasteiger partial charge >= 0.3 is 5.97 Å². The number of cyclic esters (lactones) is 1. The van der Waals surface area contributed by atoms with Crippen LogP contribution in [0.4, 0.5) is 0 Å². The van der Waals surface area contributed by atoms with Gasteiger partial charge in [0.05, 0.1) is 18.4 Å². The Morgan fingerprint density at radius 1 is 1.12 bits per heavy atom. The molecule has 0 saturated carbocycles. The molecule has 1 fully saturated rings. The summed E-state index contributed by atoms with van der Waals surface area (Å²) in [5.41, 5.74) is 1.31. The van der Waals surface area contributed by atoms with Crippen LogP contribution in [-0.4, -0.2) is 79.5 Å². The van der Waals surface area contributed by atoms with Crippen molar-refractivity contribution in [2.45, 2.75) is 84.3 Å². The van der Waals surface area contributed by atoms with E-state index in [1.165, 1.54) is 0 Å². The molecule has 1 amide bonds. The van der Waals surface area contributed by atoms with Crippen molar-refractivity contribution >= 4 is 17.6 Å². The molecule has 232 valence electrons. The summed E-state index contributed by atoms with van der Waals surface area (Å²) in [4.78, 5) is 33.5. The summed E-state index contributed by atoms with van der Waals surface area (Å²) in [7, 11) is 0. The van der Waals surface area contributed by atoms with Crippen molar-refractivity contribution in [3.8, 4) is 11.5 Å². The molecule has 0 unspecified atom stereocenters. The molecule has 0 radical (unpaired) electrons. The van der Waals surface area contributed by atoms with E-state index in [1.54, 1.807) is 48.3 Å². The number of piperidine rings is 1. The number of aliphatic hydroxyl groups is 1. The fourth-order valence-electron chi connectivity index (χ4n) is 4.59. The fourth-order valence-corrected chi connectivity index (χ4v) is 4.59. The van der Waals surface area contributed by atoms with Crippen molar-refractivity contribution in [3.05, 3.63) is 47.6 Å². The number of benzene rings is 1. The van der Waals surface area contributed by atoms with E-state index in [0.29, 0.717) is 48.8 Å². The van der Waals surface area contributed by atoms with Gasteiger partial charge in [0, 0.05) is 38.6 Å². The molecule has 1 saturated heterocycles. The number of hydrogen-bond acceptors (Lipinski definition) is 9. The second-order valence-electron chi connectivity index (χ2n) is 10.5. The SMILES string of the molecule is CCCCOc1cc(OCOCC)cc2c1C(=O)O[C@H](C)C/C=C/[C@@H](O)C/C=C/C(=NOCC(=O)N1CCCCC1)C2. The zero-order valence-corrected chi connectivity index (χ0v) is 25.2. The van der Waals surface area contributed by atoms with Crippen molar-refractivity contribution in [2.24, 2.45) is 5.16 Å². The molecule has 0 spiro atoms. The van der Waals surface area contributed by atoms with E-state index in [1.807, 2.05) is 6.92 Å². The number of hydrogen-bond donors (Lipinski definition) is 1. The van der Waals surface area contributed by atoms with E-state index in [4.69, 9.17) is 23.8 Å². The number of unbranched alkanes of at least 4 members (excludes halogenated alkanes) is 1. The van der Waals surface area contributed by atoms with E-state index in [9.17, 15) is 14.7 Å². The number of rotatable bonds is 11. The lowest BCUT2D eigenvalue weighted by molar-refractivity contribution is -0.137. The van der Waals surface area contributed by atoms with Crippen molar-refractivity contribution in [3.63, 3.8) is 0 Å². The molecule has 10 heteroatoms. The number of allylic oxidation sites excluding steroid dienone is 1. The Morgan fingerprint density at radius 2 is 1.93 bits per heavy atom. The molecular weight excluding hydrogens is 540 g/mol. The summed E-state index contributed by atoms with van der Waals surface area (Å²) < 4.78 is 23.1. The van der Waals surface area contributed by atoms with Crippen molar-refractivity contribution in [1.29, 1.82) is 0 Å². The van der Waals surface area contributed by atoms with Gasteiger partial charge in [0.15, 0.2) is 13.4 Å². The highest BCUT2D eigenvalue weighted by Gasteiger charge is 2.24. The smallest absolute Gasteiger partial charge is 0.342 e. The van der Waals surface area contributed by atoms with Crippen LogP contribution in [0.2, 0.25) is 0 Å². The molecule has 10 nitrogen and oxygen atoms in total. The van der Waals surface area contributed by atoms with Crippen LogP contribution in [0.15, 0.2) is 41.6 Å². The molecule has 2 aliphatic rings. The van der Waals surface area contributed by atoms with Crippen LogP contribution in [0.5, 0.6) is 11.5 Å². The Kier molecular flexibility index (Phi) is 14.4. The normalized spacial score (nSPS) is 22.4. The van der Waals surface area contributed by atoms with Crippen LogP contribution in [0.3, 0.4) is 0 Å². The predicted octanol–water partition coefficient (Wildman–Crippen LogP) is 4.98. The molecule has 1 N–H and O–H groups in total. The number of aliphatic hydroxyl groups excluding tert-OH is 1. The number of carbonyl (C=O) groups is 2. The van der Waals surface area contributed by atoms with Gasteiger partial charge in [-0.15, -0.1) is 0 Å². The summed E-state index contributed by atoms with van der Waals surface area (Å²) in [5, 5.41) is 14.6. The van der Waals surface area contributed by atoms with Gasteiger partial charge in [-0.25, -0.2) is 4.79 Å². The van der Waals surface area contributed by atoms with Gasteiger partial charge in [0.2, 0.25) is 0 Å². The molecule has 3 rings (SSSR count). The first-order valence-electron chi connectivity index (χ1n) is 15.1. The number of esters is 1. The van der Waals surface area contributed by atoms with E-state index in [2.05, 4.69) is 12.1 Å². The zero-order valence-electron chi connectivity index (χ0n) is 25.2. The summed E-state index contributed by atoms with van der Waals surface area (Å²) in [5.74, 6) is 0.183. The van der Waals surface area contributed by atoms with E-state index in [-0.39, 0.29) is 31.3 Å². The van der Waals surface area contributed by atoms with Crippen molar-refractivity contribution in [2.75, 3.05) is 39.7 Å². The minimum Gasteiger partial charge on any atom is -0.493 e. The molecule has 2 heterocycles. The zero-order chi connectivity index (χ0) is 30.2. The standard InChI is InChI=1S/C32H46N2O8/c1-4-6-18-39-29-21-28(40-23-38-5-2)20-25-19-26(33-41-22-30(36)34-16-8-7-9-17-34)13-11-15-27(35)14-10-12-24(3)42-32(37)31(25)29/h10-11,13-14,20-21,24,27,35H,4-9,12,15-19,22-23H2,1-3H3/b13-11+,14-10+,33-26?/t24-,27-/m1/s1. The maximum absolute atomic E-state index is 13.6. The first kappa shape index (κ1) is 33.1. The van der Waals surface area contributed by atoms with Gasteiger partial charge in [0.25, 0.3) is 5.91 Å². The lowest BCUT2D eigenvalue weighted by Crippen LogP contribution is -2.37. The van der Waals surface area contributed by atoms with Crippen LogP contribution in [0.25, 0.3) is 0 Å². The summed E-state index contributed by atoms with van der Waals surface area (Å²) in [6, 6.07) is 3.43. The molecule has 42 heavy (non-hydrogen) atoms. The number of nitrogens with zero attached hydrogens (tertiary/aromatic N) is 2. The number of likely N-dealkylation sites (tertiary alicyclic amines) is 1. The summed E-state index contributed by atoms with van der Waals surface area (Å²) in [6.07, 6.45) is 11.7. The number of ether oxygens (including phenoxy) is 4. The van der Waals surface area contributed by atoms with Gasteiger partial charge in [-0.1, -0.05) is 36.7 Å². The largest absolute Gasteiger partial charge is 0.493 e. The first-order chi connectivity index (χ1) is 20.4. The quantitative estimate of drug-likeness (QED) is 0.127. The molecule has 2 atom stereocenters. The molecule has 1 aromatic carbocycles. The van der Waals surface area contributed by atoms with Crippen LogP contribution in [0, 0.1) is 0 Å². The average Bonchev–Trinajstić information content (AvgIpc) is 2.97. The summed E-state index contributed by atoms with van der Waals surface area (Å²) >= 11 is 0.